The molecule has 1 aliphatic heterocycles. The molecule has 27 heavy (non-hydrogen) atoms. The Morgan fingerprint density at radius 1 is 1.33 bits per heavy atom. The van der Waals surface area contributed by atoms with E-state index in [4.69, 9.17) is 0 Å². The summed E-state index contributed by atoms with van der Waals surface area (Å²) < 4.78 is 13.8. The molecular formula is C20H28FN5S. The number of halogens is 1. The molecule has 7 heteroatoms. The minimum absolute atomic E-state index is 0.303. The average Bonchev–Trinajstić information content (AvgIpc) is 3.21. The number of guanidine groups is 1. The number of nitrogens with zero attached hydrogens (tertiary/aromatic N) is 3. The van der Waals surface area contributed by atoms with Crippen LogP contribution < -0.4 is 10.6 Å². The zero-order valence-corrected chi connectivity index (χ0v) is 16.8. The van der Waals surface area contributed by atoms with Gasteiger partial charge in [0, 0.05) is 24.7 Å². The Morgan fingerprint density at radius 2 is 2.15 bits per heavy atom. The number of thiophene rings is 1. The summed E-state index contributed by atoms with van der Waals surface area (Å²) in [5.41, 5.74) is 0.389. The van der Waals surface area contributed by atoms with Crippen LogP contribution in [-0.4, -0.2) is 42.5 Å². The van der Waals surface area contributed by atoms with Gasteiger partial charge in [0.1, 0.15) is 5.82 Å². The molecule has 0 saturated carbocycles. The molecule has 1 unspecified atom stereocenters. The third-order valence-electron chi connectivity index (χ3n) is 5.08. The van der Waals surface area contributed by atoms with E-state index in [1.165, 1.54) is 23.8 Å². The Balaban J connectivity index is 1.59. The van der Waals surface area contributed by atoms with Gasteiger partial charge in [-0.15, -0.1) is 11.3 Å². The lowest BCUT2D eigenvalue weighted by molar-refractivity contribution is 0.140. The lowest BCUT2D eigenvalue weighted by atomic mass is 9.97. The summed E-state index contributed by atoms with van der Waals surface area (Å²) in [5, 5.41) is 8.70. The summed E-state index contributed by atoms with van der Waals surface area (Å²) in [6.07, 6.45) is 4.09. The molecule has 0 aromatic carbocycles. The smallest absolute Gasteiger partial charge is 0.191 e. The van der Waals surface area contributed by atoms with E-state index >= 15 is 0 Å². The van der Waals surface area contributed by atoms with Crippen LogP contribution in [0, 0.1) is 11.7 Å². The van der Waals surface area contributed by atoms with Gasteiger partial charge in [-0.05, 0) is 55.4 Å². The van der Waals surface area contributed by atoms with Gasteiger partial charge in [0.05, 0.1) is 18.3 Å². The molecule has 3 rings (SSSR count). The molecule has 2 aromatic rings. The number of rotatable bonds is 6. The van der Waals surface area contributed by atoms with Crippen LogP contribution in [0.3, 0.4) is 0 Å². The first-order valence-electron chi connectivity index (χ1n) is 9.48. The highest BCUT2D eigenvalue weighted by atomic mass is 32.1. The van der Waals surface area contributed by atoms with Gasteiger partial charge in [-0.2, -0.15) is 0 Å². The largest absolute Gasteiger partial charge is 0.354 e. The van der Waals surface area contributed by atoms with Crippen molar-refractivity contribution < 1.29 is 4.39 Å². The van der Waals surface area contributed by atoms with E-state index in [0.29, 0.717) is 24.2 Å². The van der Waals surface area contributed by atoms with Gasteiger partial charge in [0.15, 0.2) is 5.96 Å². The maximum Gasteiger partial charge on any atom is 0.191 e. The molecule has 146 valence electrons. The normalized spacial score (nSPS) is 17.7. The Kier molecular flexibility index (Phi) is 7.18. The first-order chi connectivity index (χ1) is 13.2. The van der Waals surface area contributed by atoms with Gasteiger partial charge in [-0.3, -0.25) is 14.9 Å². The molecular weight excluding hydrogens is 361 g/mol. The Bertz CT molecular complexity index is 726. The second-order valence-electron chi connectivity index (χ2n) is 6.99. The molecule has 0 radical (unpaired) electrons. The van der Waals surface area contributed by atoms with Crippen LogP contribution in [0.2, 0.25) is 0 Å². The van der Waals surface area contributed by atoms with E-state index in [-0.39, 0.29) is 5.82 Å². The van der Waals surface area contributed by atoms with Gasteiger partial charge in [-0.1, -0.05) is 13.0 Å². The van der Waals surface area contributed by atoms with Gasteiger partial charge in [-0.25, -0.2) is 4.39 Å². The van der Waals surface area contributed by atoms with E-state index < -0.39 is 0 Å². The van der Waals surface area contributed by atoms with Crippen molar-refractivity contribution in [1.82, 2.24) is 20.5 Å². The lowest BCUT2D eigenvalue weighted by Gasteiger charge is -2.36. The highest BCUT2D eigenvalue weighted by Crippen LogP contribution is 2.29. The van der Waals surface area contributed by atoms with Crippen LogP contribution in [0.25, 0.3) is 0 Å². The number of aromatic nitrogens is 1. The third kappa shape index (κ3) is 5.49. The summed E-state index contributed by atoms with van der Waals surface area (Å²) in [5.74, 6) is 1.16. The second-order valence-corrected chi connectivity index (χ2v) is 7.97. The molecule has 3 heterocycles. The average molecular weight is 390 g/mol. The monoisotopic (exact) mass is 389 g/mol. The zero-order valence-electron chi connectivity index (χ0n) is 16.0. The van der Waals surface area contributed by atoms with Crippen molar-refractivity contribution in [2.45, 2.75) is 32.4 Å². The van der Waals surface area contributed by atoms with Crippen LogP contribution in [0.15, 0.2) is 40.8 Å². The predicted molar refractivity (Wildman–Crippen MR) is 109 cm³/mol. The van der Waals surface area contributed by atoms with Crippen LogP contribution in [0.4, 0.5) is 4.39 Å². The molecule has 0 bridgehead atoms. The maximum atomic E-state index is 13.8. The van der Waals surface area contributed by atoms with Crippen molar-refractivity contribution in [2.24, 2.45) is 10.9 Å². The van der Waals surface area contributed by atoms with Gasteiger partial charge in [0.2, 0.25) is 0 Å². The predicted octanol–water partition coefficient (Wildman–Crippen LogP) is 3.42. The maximum absolute atomic E-state index is 13.8. The Labute approximate surface area is 164 Å². The SMILES string of the molecule is CN=C(NCc1ncccc1F)NCC(c1cccs1)N1CCC(C)CC1. The van der Waals surface area contributed by atoms with Crippen molar-refractivity contribution in [3.05, 3.63) is 52.2 Å². The molecule has 1 atom stereocenters. The van der Waals surface area contributed by atoms with Crippen LogP contribution >= 0.6 is 11.3 Å². The van der Waals surface area contributed by atoms with Crippen molar-refractivity contribution in [1.29, 1.82) is 0 Å². The Hall–Kier alpha value is -1.99. The standard InChI is InChI=1S/C20H28FN5S/c1-15-7-10-26(11-8-15)18(19-6-4-12-27-19)14-25-20(22-2)24-13-17-16(21)5-3-9-23-17/h3-6,9,12,15,18H,7-8,10-11,13-14H2,1-2H3,(H2,22,24,25). The molecule has 0 aliphatic carbocycles. The summed E-state index contributed by atoms with van der Waals surface area (Å²) in [7, 11) is 1.73. The zero-order chi connectivity index (χ0) is 19.1. The van der Waals surface area contributed by atoms with Gasteiger partial charge in [0.25, 0.3) is 0 Å². The molecule has 1 aliphatic rings. The number of hydrogen-bond acceptors (Lipinski definition) is 4. The van der Waals surface area contributed by atoms with Gasteiger partial charge < -0.3 is 10.6 Å². The minimum Gasteiger partial charge on any atom is -0.354 e. The molecule has 1 fully saturated rings. The van der Waals surface area contributed by atoms with Crippen LogP contribution in [0.5, 0.6) is 0 Å². The quantitative estimate of drug-likeness (QED) is 0.587. The minimum atomic E-state index is -0.306. The van der Waals surface area contributed by atoms with Crippen LogP contribution in [0.1, 0.15) is 36.4 Å². The number of piperidine rings is 1. The topological polar surface area (TPSA) is 52.6 Å². The van der Waals surface area contributed by atoms with Crippen LogP contribution in [-0.2, 0) is 6.54 Å². The summed E-state index contributed by atoms with van der Waals surface area (Å²) >= 11 is 1.80. The number of nitrogens with one attached hydrogen (secondary N) is 2. The second kappa shape index (κ2) is 9.80. The fourth-order valence-electron chi connectivity index (χ4n) is 3.36. The summed E-state index contributed by atoms with van der Waals surface area (Å²) in [6, 6.07) is 7.65. The molecule has 2 aromatic heterocycles. The molecule has 1 saturated heterocycles. The van der Waals surface area contributed by atoms with Crippen molar-refractivity contribution in [3.8, 4) is 0 Å². The van der Waals surface area contributed by atoms with Crippen molar-refractivity contribution in [2.75, 3.05) is 26.7 Å². The molecule has 0 amide bonds. The van der Waals surface area contributed by atoms with Gasteiger partial charge >= 0.3 is 0 Å². The number of likely N-dealkylation sites (tertiary alicyclic amines) is 1. The fourth-order valence-corrected chi connectivity index (χ4v) is 4.22. The molecule has 5 nitrogen and oxygen atoms in total. The van der Waals surface area contributed by atoms with E-state index in [2.05, 4.69) is 49.9 Å². The lowest BCUT2D eigenvalue weighted by Crippen LogP contribution is -2.44. The highest BCUT2D eigenvalue weighted by molar-refractivity contribution is 7.10. The van der Waals surface area contributed by atoms with E-state index in [1.807, 2.05) is 0 Å². The number of pyridine rings is 1. The summed E-state index contributed by atoms with van der Waals surface area (Å²) in [4.78, 5) is 12.3. The molecule has 2 N–H and O–H groups in total. The first kappa shape index (κ1) is 19.8. The van der Waals surface area contributed by atoms with E-state index in [9.17, 15) is 4.39 Å². The van der Waals surface area contributed by atoms with E-state index in [1.54, 1.807) is 30.6 Å². The highest BCUT2D eigenvalue weighted by Gasteiger charge is 2.25. The fraction of sp³-hybridized carbons (Fsp3) is 0.500. The van der Waals surface area contributed by atoms with Crippen molar-refractivity contribution >= 4 is 17.3 Å². The first-order valence-corrected chi connectivity index (χ1v) is 10.4. The third-order valence-corrected chi connectivity index (χ3v) is 6.05. The Morgan fingerprint density at radius 3 is 2.81 bits per heavy atom. The van der Waals surface area contributed by atoms with Crippen molar-refractivity contribution in [3.63, 3.8) is 0 Å². The summed E-state index contributed by atoms with van der Waals surface area (Å²) in [6.45, 7) is 5.64. The number of aliphatic imine (C=N–C) groups is 1. The molecule has 0 spiro atoms. The van der Waals surface area contributed by atoms with E-state index in [0.717, 1.165) is 25.6 Å². The number of hydrogen-bond donors (Lipinski definition) is 2.